The molecule has 2 unspecified atom stereocenters. The van der Waals surface area contributed by atoms with Gasteiger partial charge in [-0.3, -0.25) is 0 Å². The van der Waals surface area contributed by atoms with Crippen LogP contribution in [0.3, 0.4) is 0 Å². The van der Waals surface area contributed by atoms with Crippen LogP contribution in [-0.2, 0) is 14.2 Å². The Morgan fingerprint density at radius 1 is 0.826 bits per heavy atom. The number of unbranched alkanes of at least 4 members (excludes halogenated alkanes) is 3. The van der Waals surface area contributed by atoms with E-state index in [2.05, 4.69) is 6.92 Å². The maximum atomic E-state index is 14.8. The zero-order valence-corrected chi connectivity index (χ0v) is 27.3. The van der Waals surface area contributed by atoms with Gasteiger partial charge in [0.05, 0.1) is 37.1 Å². The molecule has 1 heterocycles. The average molecular weight is 635 g/mol. The normalized spacial score (nSPS) is 15.8. The van der Waals surface area contributed by atoms with E-state index in [9.17, 15) is 14.0 Å². The van der Waals surface area contributed by atoms with Crippen LogP contribution in [0.2, 0.25) is 0 Å². The molecule has 0 N–H and O–H groups in total. The Morgan fingerprint density at radius 2 is 1.46 bits per heavy atom. The van der Waals surface area contributed by atoms with Gasteiger partial charge in [-0.05, 0) is 85.7 Å². The zero-order chi connectivity index (χ0) is 32.7. The second-order valence-corrected chi connectivity index (χ2v) is 11.9. The Morgan fingerprint density at radius 3 is 2.04 bits per heavy atom. The van der Waals surface area contributed by atoms with Crippen LogP contribution >= 0.6 is 0 Å². The quantitative estimate of drug-likeness (QED) is 0.0741. The van der Waals surface area contributed by atoms with Gasteiger partial charge in [-0.1, -0.05) is 64.3 Å². The number of carbonyl (C=O) groups is 2. The highest BCUT2D eigenvalue weighted by molar-refractivity contribution is 5.92. The van der Waals surface area contributed by atoms with E-state index < -0.39 is 17.8 Å². The fraction of sp³-hybridized carbons (Fsp3) is 0.474. The number of hydrogen-bond donors (Lipinski definition) is 0. The van der Waals surface area contributed by atoms with Crippen molar-refractivity contribution in [2.75, 3.05) is 26.4 Å². The molecule has 1 saturated heterocycles. The molecule has 1 aliphatic rings. The van der Waals surface area contributed by atoms with E-state index in [1.807, 2.05) is 50.2 Å². The first kappa shape index (κ1) is 35.1. The molecule has 1 aliphatic heterocycles. The second kappa shape index (κ2) is 18.4. The lowest BCUT2D eigenvalue weighted by Crippen LogP contribution is -2.41. The van der Waals surface area contributed by atoms with E-state index >= 15 is 0 Å². The number of hydrogen-bond acceptors (Lipinski definition) is 7. The highest BCUT2D eigenvalue weighted by Crippen LogP contribution is 2.25. The van der Waals surface area contributed by atoms with Crippen molar-refractivity contribution in [2.24, 2.45) is 5.92 Å². The van der Waals surface area contributed by atoms with Crippen molar-refractivity contribution in [3.05, 3.63) is 83.7 Å². The lowest BCUT2D eigenvalue weighted by atomic mass is 10.0. The number of carbonyl (C=O) groups excluding carboxylic acids is 2. The topological polar surface area (TPSA) is 80.3 Å². The fourth-order valence-electron chi connectivity index (χ4n) is 5.22. The van der Waals surface area contributed by atoms with Crippen LogP contribution in [0.15, 0.2) is 66.7 Å². The molecule has 3 aromatic rings. The molecular formula is C38H47FO7. The Labute approximate surface area is 272 Å². The van der Waals surface area contributed by atoms with E-state index in [-0.39, 0.29) is 29.1 Å². The summed E-state index contributed by atoms with van der Waals surface area (Å²) in [6, 6.07) is 18.5. The molecule has 7 nitrogen and oxygen atoms in total. The van der Waals surface area contributed by atoms with Crippen LogP contribution in [0, 0.1) is 11.7 Å². The van der Waals surface area contributed by atoms with Crippen molar-refractivity contribution in [3.63, 3.8) is 0 Å². The second-order valence-electron chi connectivity index (χ2n) is 11.9. The Bertz CT molecular complexity index is 1370. The summed E-state index contributed by atoms with van der Waals surface area (Å²) in [7, 11) is 0. The molecule has 0 spiro atoms. The maximum absolute atomic E-state index is 14.8. The third kappa shape index (κ3) is 10.7. The first-order valence-electron chi connectivity index (χ1n) is 16.6. The van der Waals surface area contributed by atoms with Crippen LogP contribution in [0.5, 0.6) is 11.5 Å². The molecule has 0 bridgehead atoms. The van der Waals surface area contributed by atoms with Gasteiger partial charge in [-0.15, -0.1) is 0 Å². The summed E-state index contributed by atoms with van der Waals surface area (Å²) in [4.78, 5) is 25.2. The van der Waals surface area contributed by atoms with Gasteiger partial charge in [-0.25, -0.2) is 14.0 Å². The minimum absolute atomic E-state index is 0.0806. The average Bonchev–Trinajstić information content (AvgIpc) is 3.06. The maximum Gasteiger partial charge on any atom is 0.343 e. The first-order chi connectivity index (χ1) is 22.4. The van der Waals surface area contributed by atoms with Gasteiger partial charge in [0.15, 0.2) is 11.6 Å². The molecule has 248 valence electrons. The summed E-state index contributed by atoms with van der Waals surface area (Å²) in [6.07, 6.45) is 7.61. The van der Waals surface area contributed by atoms with Gasteiger partial charge in [0, 0.05) is 12.5 Å². The molecule has 1 fully saturated rings. The number of esters is 2. The van der Waals surface area contributed by atoms with Crippen molar-refractivity contribution in [2.45, 2.75) is 84.3 Å². The van der Waals surface area contributed by atoms with Crippen LogP contribution in [0.1, 0.15) is 92.9 Å². The molecule has 0 aromatic heterocycles. The van der Waals surface area contributed by atoms with Crippen LogP contribution in [0.25, 0.3) is 11.1 Å². The third-order valence-corrected chi connectivity index (χ3v) is 8.12. The monoisotopic (exact) mass is 634 g/mol. The number of benzene rings is 3. The summed E-state index contributed by atoms with van der Waals surface area (Å²) < 4.78 is 42.6. The molecule has 0 radical (unpaired) electrons. The van der Waals surface area contributed by atoms with E-state index in [0.717, 1.165) is 87.5 Å². The van der Waals surface area contributed by atoms with Gasteiger partial charge in [0.1, 0.15) is 11.9 Å². The Hall–Kier alpha value is -3.75. The molecule has 46 heavy (non-hydrogen) atoms. The number of halogens is 1. The molecular weight excluding hydrogens is 587 g/mol. The van der Waals surface area contributed by atoms with Crippen molar-refractivity contribution in [1.29, 1.82) is 0 Å². The van der Waals surface area contributed by atoms with Gasteiger partial charge in [-0.2, -0.15) is 0 Å². The molecule has 0 aliphatic carbocycles. The van der Waals surface area contributed by atoms with Crippen LogP contribution in [0.4, 0.5) is 4.39 Å². The molecule has 4 rings (SSSR count). The van der Waals surface area contributed by atoms with Gasteiger partial charge >= 0.3 is 11.9 Å². The van der Waals surface area contributed by atoms with Crippen molar-refractivity contribution < 1.29 is 37.7 Å². The highest BCUT2D eigenvalue weighted by Gasteiger charge is 2.27. The molecule has 0 amide bonds. The largest absolute Gasteiger partial charge is 0.494 e. The SMILES string of the molecule is CCCC(CCC)OC(=O)c1ccc(OC(=O)c2ccc(-c3ccc(OCCCCCCOCC4OCC4C)cc3)cc2)c(F)c1. The van der Waals surface area contributed by atoms with E-state index in [1.54, 1.807) is 12.1 Å². The summed E-state index contributed by atoms with van der Waals surface area (Å²) in [5.41, 5.74) is 2.25. The van der Waals surface area contributed by atoms with E-state index in [1.165, 1.54) is 12.1 Å². The predicted molar refractivity (Wildman–Crippen MR) is 176 cm³/mol. The van der Waals surface area contributed by atoms with Gasteiger partial charge in [0.25, 0.3) is 0 Å². The van der Waals surface area contributed by atoms with Crippen molar-refractivity contribution in [3.8, 4) is 22.6 Å². The number of rotatable bonds is 19. The summed E-state index contributed by atoms with van der Waals surface area (Å²) in [5, 5.41) is 0. The molecule has 0 saturated carbocycles. The van der Waals surface area contributed by atoms with Crippen LogP contribution in [-0.4, -0.2) is 50.6 Å². The minimum Gasteiger partial charge on any atom is -0.494 e. The molecule has 8 heteroatoms. The Kier molecular flexibility index (Phi) is 14.1. The molecule has 3 aromatic carbocycles. The van der Waals surface area contributed by atoms with E-state index in [0.29, 0.717) is 19.1 Å². The van der Waals surface area contributed by atoms with Crippen molar-refractivity contribution >= 4 is 11.9 Å². The van der Waals surface area contributed by atoms with Crippen molar-refractivity contribution in [1.82, 2.24) is 0 Å². The Balaban J connectivity index is 1.18. The van der Waals surface area contributed by atoms with E-state index in [4.69, 9.17) is 23.7 Å². The zero-order valence-electron chi connectivity index (χ0n) is 27.3. The molecule has 2 atom stereocenters. The lowest BCUT2D eigenvalue weighted by Gasteiger charge is -2.33. The summed E-state index contributed by atoms with van der Waals surface area (Å²) in [6.45, 7) is 9.24. The highest BCUT2D eigenvalue weighted by atomic mass is 19.1. The number of ether oxygens (including phenoxy) is 5. The predicted octanol–water partition coefficient (Wildman–Crippen LogP) is 8.83. The summed E-state index contributed by atoms with van der Waals surface area (Å²) in [5.74, 6) is -0.915. The standard InChI is InChI=1S/C38H47FO7/c1-4-10-33(11-5-2)45-38(41)31-18-21-35(34(39)24-31)46-37(40)30-14-12-28(13-15-30)29-16-19-32(20-17-29)43-23-9-7-6-8-22-42-26-36-27(3)25-44-36/h12-21,24,27,33,36H,4-11,22-23,25-26H2,1-3H3. The van der Waals surface area contributed by atoms with Gasteiger partial charge in [0.2, 0.25) is 0 Å². The fourth-order valence-corrected chi connectivity index (χ4v) is 5.22. The van der Waals surface area contributed by atoms with Crippen LogP contribution < -0.4 is 9.47 Å². The third-order valence-electron chi connectivity index (χ3n) is 8.12. The van der Waals surface area contributed by atoms with Gasteiger partial charge < -0.3 is 23.7 Å². The minimum atomic E-state index is -0.807. The smallest absolute Gasteiger partial charge is 0.343 e. The lowest BCUT2D eigenvalue weighted by molar-refractivity contribution is -0.139. The summed E-state index contributed by atoms with van der Waals surface area (Å²) >= 11 is 0. The first-order valence-corrected chi connectivity index (χ1v) is 16.6.